The molecule has 0 aliphatic carbocycles. The number of thiol groups is 1. The summed E-state index contributed by atoms with van der Waals surface area (Å²) in [4.78, 5) is 4.09. The third-order valence-corrected chi connectivity index (χ3v) is 1.62. The van der Waals surface area contributed by atoms with Crippen molar-refractivity contribution in [3.05, 3.63) is 47.5 Å². The van der Waals surface area contributed by atoms with E-state index in [0.717, 1.165) is 5.56 Å². The van der Waals surface area contributed by atoms with Gasteiger partial charge >= 0.3 is 0 Å². The molecule has 0 aliphatic rings. The van der Waals surface area contributed by atoms with Crippen LogP contribution < -0.4 is 5.84 Å². The third kappa shape index (κ3) is 3.06. The van der Waals surface area contributed by atoms with Gasteiger partial charge in [-0.3, -0.25) is 0 Å². The minimum absolute atomic E-state index is 0.420. The van der Waals surface area contributed by atoms with Crippen LogP contribution in [0.3, 0.4) is 0 Å². The standard InChI is InChI=1S/C10H11N3S/c1-8(14)13-10(7-12-11)9-5-3-2-4-6-9/h2-7,14H,1,11H2/b12-7-,13-10?. The molecule has 0 fully saturated rings. The molecular formula is C10H11N3S. The molecule has 14 heavy (non-hydrogen) atoms. The van der Waals surface area contributed by atoms with Crippen LogP contribution in [0.2, 0.25) is 0 Å². The highest BCUT2D eigenvalue weighted by Gasteiger charge is 1.98. The molecule has 0 heterocycles. The number of nitrogens with two attached hydrogens (primary N) is 1. The first-order valence-corrected chi connectivity index (χ1v) is 4.44. The number of aliphatic imine (C=N–C) groups is 1. The Morgan fingerprint density at radius 2 is 2.00 bits per heavy atom. The minimum Gasteiger partial charge on any atom is -0.323 e. The molecule has 4 heteroatoms. The van der Waals surface area contributed by atoms with E-state index < -0.39 is 0 Å². The first kappa shape index (κ1) is 10.5. The second-order valence-corrected chi connectivity index (χ2v) is 3.07. The maximum atomic E-state index is 5.08. The van der Waals surface area contributed by atoms with Crippen molar-refractivity contribution in [2.75, 3.05) is 0 Å². The van der Waals surface area contributed by atoms with Crippen molar-refractivity contribution >= 4 is 24.6 Å². The Kier molecular flexibility index (Phi) is 3.94. The van der Waals surface area contributed by atoms with Gasteiger partial charge in [0, 0.05) is 5.56 Å². The van der Waals surface area contributed by atoms with Crippen molar-refractivity contribution < 1.29 is 0 Å². The summed E-state index contributed by atoms with van der Waals surface area (Å²) in [5, 5.41) is 3.85. The highest BCUT2D eigenvalue weighted by atomic mass is 32.1. The minimum atomic E-state index is 0.420. The van der Waals surface area contributed by atoms with E-state index in [1.54, 1.807) is 0 Å². The van der Waals surface area contributed by atoms with Crippen molar-refractivity contribution in [2.45, 2.75) is 0 Å². The van der Waals surface area contributed by atoms with Crippen LogP contribution in [0.25, 0.3) is 0 Å². The lowest BCUT2D eigenvalue weighted by Gasteiger charge is -1.99. The van der Waals surface area contributed by atoms with Gasteiger partial charge in [0.1, 0.15) is 0 Å². The number of nitrogens with zero attached hydrogens (tertiary/aromatic N) is 2. The Morgan fingerprint density at radius 3 is 2.50 bits per heavy atom. The zero-order valence-corrected chi connectivity index (χ0v) is 8.48. The summed E-state index contributed by atoms with van der Waals surface area (Å²) in [5.74, 6) is 5.08. The van der Waals surface area contributed by atoms with E-state index in [1.165, 1.54) is 6.21 Å². The lowest BCUT2D eigenvalue weighted by atomic mass is 10.1. The normalized spacial score (nSPS) is 11.9. The van der Waals surface area contributed by atoms with E-state index in [1.807, 2.05) is 30.3 Å². The zero-order chi connectivity index (χ0) is 10.4. The fourth-order valence-corrected chi connectivity index (χ4v) is 1.09. The van der Waals surface area contributed by atoms with Crippen LogP contribution in [-0.4, -0.2) is 11.9 Å². The van der Waals surface area contributed by atoms with Crippen LogP contribution in [0, 0.1) is 0 Å². The van der Waals surface area contributed by atoms with Crippen molar-refractivity contribution in [3.63, 3.8) is 0 Å². The van der Waals surface area contributed by atoms with Crippen molar-refractivity contribution in [1.82, 2.24) is 0 Å². The monoisotopic (exact) mass is 205 g/mol. The molecule has 1 rings (SSSR count). The Balaban J connectivity index is 3.07. The molecule has 1 aromatic carbocycles. The van der Waals surface area contributed by atoms with Gasteiger partial charge in [0.15, 0.2) is 0 Å². The number of hydrogen-bond acceptors (Lipinski definition) is 4. The molecule has 0 saturated carbocycles. The first-order chi connectivity index (χ1) is 6.74. The molecule has 0 spiro atoms. The van der Waals surface area contributed by atoms with E-state index in [-0.39, 0.29) is 0 Å². The van der Waals surface area contributed by atoms with Crippen LogP contribution in [0.1, 0.15) is 5.56 Å². The van der Waals surface area contributed by atoms with Crippen molar-refractivity contribution in [2.24, 2.45) is 15.9 Å². The van der Waals surface area contributed by atoms with Crippen molar-refractivity contribution in [3.8, 4) is 0 Å². The molecule has 3 nitrogen and oxygen atoms in total. The quantitative estimate of drug-likeness (QED) is 0.336. The highest BCUT2D eigenvalue weighted by Crippen LogP contribution is 2.05. The fraction of sp³-hybridized carbons (Fsp3) is 0. The molecule has 0 amide bonds. The molecule has 0 aliphatic heterocycles. The maximum absolute atomic E-state index is 5.08. The molecular weight excluding hydrogens is 194 g/mol. The Bertz CT molecular complexity index is 368. The summed E-state index contributed by atoms with van der Waals surface area (Å²) in [7, 11) is 0. The third-order valence-electron chi connectivity index (χ3n) is 1.52. The van der Waals surface area contributed by atoms with Crippen LogP contribution >= 0.6 is 12.6 Å². The first-order valence-electron chi connectivity index (χ1n) is 3.99. The van der Waals surface area contributed by atoms with Crippen LogP contribution in [-0.2, 0) is 0 Å². The van der Waals surface area contributed by atoms with E-state index in [0.29, 0.717) is 10.7 Å². The molecule has 0 saturated heterocycles. The molecule has 0 bridgehead atoms. The lowest BCUT2D eigenvalue weighted by Crippen LogP contribution is -2.03. The molecule has 0 radical (unpaired) electrons. The Morgan fingerprint density at radius 1 is 1.36 bits per heavy atom. The second-order valence-electron chi connectivity index (χ2n) is 2.56. The van der Waals surface area contributed by atoms with Crippen LogP contribution in [0.4, 0.5) is 0 Å². The van der Waals surface area contributed by atoms with E-state index in [4.69, 9.17) is 5.84 Å². The second kappa shape index (κ2) is 5.24. The van der Waals surface area contributed by atoms with Gasteiger partial charge in [-0.15, -0.1) is 12.6 Å². The zero-order valence-electron chi connectivity index (χ0n) is 7.59. The van der Waals surface area contributed by atoms with Gasteiger partial charge in [0.05, 0.1) is 17.0 Å². The van der Waals surface area contributed by atoms with E-state index in [9.17, 15) is 0 Å². The summed E-state index contributed by atoms with van der Waals surface area (Å²) in [6.45, 7) is 3.58. The van der Waals surface area contributed by atoms with Gasteiger partial charge < -0.3 is 5.84 Å². The van der Waals surface area contributed by atoms with Crippen LogP contribution in [0.15, 0.2) is 52.0 Å². The topological polar surface area (TPSA) is 50.7 Å². The Hall–Kier alpha value is -1.55. The van der Waals surface area contributed by atoms with Gasteiger partial charge in [-0.25, -0.2) is 4.99 Å². The highest BCUT2D eigenvalue weighted by molar-refractivity contribution is 7.84. The number of hydrazone groups is 1. The summed E-state index contributed by atoms with van der Waals surface area (Å²) in [6, 6.07) is 9.58. The maximum Gasteiger partial charge on any atom is 0.0915 e. The van der Waals surface area contributed by atoms with Gasteiger partial charge in [0.2, 0.25) is 0 Å². The SMILES string of the molecule is C=C(S)N=C(/C=N\N)c1ccccc1. The smallest absolute Gasteiger partial charge is 0.0915 e. The number of rotatable bonds is 3. The predicted octanol–water partition coefficient (Wildman–Crippen LogP) is 1.82. The van der Waals surface area contributed by atoms with Crippen LogP contribution in [0.5, 0.6) is 0 Å². The molecule has 0 unspecified atom stereocenters. The number of benzene rings is 1. The number of hydrogen-bond donors (Lipinski definition) is 2. The van der Waals surface area contributed by atoms with Gasteiger partial charge in [-0.2, -0.15) is 5.10 Å². The largest absolute Gasteiger partial charge is 0.323 e. The molecule has 1 aromatic rings. The average Bonchev–Trinajstić information content (AvgIpc) is 2.18. The predicted molar refractivity (Wildman–Crippen MR) is 63.8 cm³/mol. The lowest BCUT2D eigenvalue weighted by molar-refractivity contribution is 1.27. The molecule has 72 valence electrons. The van der Waals surface area contributed by atoms with Crippen molar-refractivity contribution in [1.29, 1.82) is 0 Å². The summed E-state index contributed by atoms with van der Waals surface area (Å²) < 4.78 is 0. The van der Waals surface area contributed by atoms with Gasteiger partial charge in [-0.1, -0.05) is 36.9 Å². The molecule has 0 atom stereocenters. The average molecular weight is 205 g/mol. The fourth-order valence-electron chi connectivity index (χ4n) is 0.987. The van der Waals surface area contributed by atoms with Gasteiger partial charge in [-0.05, 0) is 0 Å². The summed E-state index contributed by atoms with van der Waals surface area (Å²) in [6.07, 6.45) is 1.47. The summed E-state index contributed by atoms with van der Waals surface area (Å²) in [5.41, 5.74) is 1.57. The van der Waals surface area contributed by atoms with E-state index in [2.05, 4.69) is 29.3 Å². The molecule has 0 aromatic heterocycles. The van der Waals surface area contributed by atoms with Gasteiger partial charge in [0.25, 0.3) is 0 Å². The summed E-state index contributed by atoms with van der Waals surface area (Å²) >= 11 is 4.00. The van der Waals surface area contributed by atoms with E-state index >= 15 is 0 Å². The Labute approximate surface area is 88.5 Å². The molecule has 2 N–H and O–H groups in total.